The van der Waals surface area contributed by atoms with Crippen molar-refractivity contribution in [2.45, 2.75) is 19.9 Å². The Balaban J connectivity index is 1.60. The van der Waals surface area contributed by atoms with Gasteiger partial charge in [0.1, 0.15) is 12.0 Å². The van der Waals surface area contributed by atoms with E-state index >= 15 is 0 Å². The zero-order valence-corrected chi connectivity index (χ0v) is 15.1. The minimum Gasteiger partial charge on any atom is -0.393 e. The summed E-state index contributed by atoms with van der Waals surface area (Å²) in [5.74, 6) is 1.28. The Bertz CT molecular complexity index is 1000. The summed E-state index contributed by atoms with van der Waals surface area (Å²) in [4.78, 5) is 22.5. The first-order chi connectivity index (χ1) is 13.1. The number of aromatic nitrogens is 2. The molecule has 6 nitrogen and oxygen atoms in total. The van der Waals surface area contributed by atoms with E-state index in [9.17, 15) is 4.79 Å². The van der Waals surface area contributed by atoms with Gasteiger partial charge in [-0.05, 0) is 36.6 Å². The number of rotatable bonds is 4. The van der Waals surface area contributed by atoms with Gasteiger partial charge in [-0.25, -0.2) is 9.97 Å². The molecule has 0 spiro atoms. The number of nitrogens with two attached hydrogens (primary N) is 1. The van der Waals surface area contributed by atoms with Gasteiger partial charge in [0.2, 0.25) is 0 Å². The van der Waals surface area contributed by atoms with Crippen LogP contribution in [0.2, 0.25) is 0 Å². The molecule has 0 atom stereocenters. The van der Waals surface area contributed by atoms with E-state index in [0.717, 1.165) is 31.0 Å². The number of fused-ring (bicyclic) bond motifs is 1. The van der Waals surface area contributed by atoms with E-state index in [-0.39, 0.29) is 5.78 Å². The summed E-state index contributed by atoms with van der Waals surface area (Å²) < 4.78 is 0. The molecule has 0 radical (unpaired) electrons. The number of anilines is 4. The first kappa shape index (κ1) is 17.0. The molecule has 0 saturated heterocycles. The van der Waals surface area contributed by atoms with Crippen LogP contribution in [-0.4, -0.2) is 22.3 Å². The molecule has 1 aliphatic heterocycles. The lowest BCUT2D eigenvalue weighted by atomic mass is 10.00. The van der Waals surface area contributed by atoms with E-state index in [4.69, 9.17) is 5.73 Å². The summed E-state index contributed by atoms with van der Waals surface area (Å²) in [6.45, 7) is 3.18. The standard InChI is InChI=1S/C21H21N5O/c1-14(27)16-7-4-8-18(11-16)25-20-19(22)21(24-13-23-20)26-10-9-15-5-2-3-6-17(15)12-26/h2-8,11,13H,9-10,12,22H2,1H3,(H,23,24,25). The number of nitrogen functional groups attached to an aromatic ring is 1. The second-order valence-corrected chi connectivity index (χ2v) is 6.66. The predicted octanol–water partition coefficient (Wildman–Crippen LogP) is 3.57. The number of carbonyl (C=O) groups excluding carboxylic acids is 1. The van der Waals surface area contributed by atoms with Gasteiger partial charge in [0.25, 0.3) is 0 Å². The van der Waals surface area contributed by atoms with E-state index in [0.29, 0.717) is 17.1 Å². The molecule has 0 saturated carbocycles. The van der Waals surface area contributed by atoms with Gasteiger partial charge in [-0.3, -0.25) is 4.79 Å². The molecule has 4 rings (SSSR count). The number of nitrogens with one attached hydrogen (secondary N) is 1. The molecule has 2 heterocycles. The molecular formula is C21H21N5O. The maximum atomic E-state index is 11.6. The van der Waals surface area contributed by atoms with Gasteiger partial charge in [-0.15, -0.1) is 0 Å². The SMILES string of the molecule is CC(=O)c1cccc(Nc2ncnc(N3CCc4ccccc4C3)c2N)c1. The van der Waals surface area contributed by atoms with Crippen molar-refractivity contribution in [3.05, 3.63) is 71.5 Å². The van der Waals surface area contributed by atoms with E-state index in [1.165, 1.54) is 17.5 Å². The fourth-order valence-corrected chi connectivity index (χ4v) is 3.37. The van der Waals surface area contributed by atoms with Gasteiger partial charge < -0.3 is 16.0 Å². The van der Waals surface area contributed by atoms with Crippen LogP contribution in [0.3, 0.4) is 0 Å². The van der Waals surface area contributed by atoms with Crippen molar-refractivity contribution in [2.24, 2.45) is 0 Å². The molecule has 0 unspecified atom stereocenters. The lowest BCUT2D eigenvalue weighted by Crippen LogP contribution is -2.31. The Kier molecular flexibility index (Phi) is 4.46. The van der Waals surface area contributed by atoms with Crippen molar-refractivity contribution >= 4 is 28.8 Å². The van der Waals surface area contributed by atoms with Crippen LogP contribution in [0.5, 0.6) is 0 Å². The third kappa shape index (κ3) is 3.46. The number of Topliss-reactive ketones (excluding diaryl/α,β-unsaturated/α-hetero) is 1. The Labute approximate surface area is 158 Å². The molecule has 2 aromatic carbocycles. The maximum absolute atomic E-state index is 11.6. The summed E-state index contributed by atoms with van der Waals surface area (Å²) in [6, 6.07) is 15.7. The Morgan fingerprint density at radius 3 is 2.74 bits per heavy atom. The summed E-state index contributed by atoms with van der Waals surface area (Å²) >= 11 is 0. The van der Waals surface area contributed by atoms with E-state index in [1.54, 1.807) is 19.1 Å². The van der Waals surface area contributed by atoms with E-state index in [2.05, 4.69) is 44.5 Å². The molecular weight excluding hydrogens is 338 g/mol. The Morgan fingerprint density at radius 1 is 1.11 bits per heavy atom. The molecule has 6 heteroatoms. The third-order valence-corrected chi connectivity index (χ3v) is 4.82. The number of nitrogens with zero attached hydrogens (tertiary/aromatic N) is 3. The summed E-state index contributed by atoms with van der Waals surface area (Å²) in [5, 5.41) is 3.21. The second kappa shape index (κ2) is 7.07. The van der Waals surface area contributed by atoms with Crippen LogP contribution >= 0.6 is 0 Å². The molecule has 3 aromatic rings. The van der Waals surface area contributed by atoms with Crippen molar-refractivity contribution in [2.75, 3.05) is 22.5 Å². The molecule has 136 valence electrons. The van der Waals surface area contributed by atoms with Gasteiger partial charge in [-0.1, -0.05) is 36.4 Å². The van der Waals surface area contributed by atoms with Gasteiger partial charge >= 0.3 is 0 Å². The highest BCUT2D eigenvalue weighted by atomic mass is 16.1. The normalized spacial score (nSPS) is 13.1. The number of benzene rings is 2. The largest absolute Gasteiger partial charge is 0.393 e. The third-order valence-electron chi connectivity index (χ3n) is 4.82. The van der Waals surface area contributed by atoms with Gasteiger partial charge in [0, 0.05) is 24.3 Å². The van der Waals surface area contributed by atoms with Crippen LogP contribution in [-0.2, 0) is 13.0 Å². The number of hydrogen-bond acceptors (Lipinski definition) is 6. The number of carbonyl (C=O) groups is 1. The van der Waals surface area contributed by atoms with Crippen LogP contribution in [0.4, 0.5) is 23.0 Å². The molecule has 3 N–H and O–H groups in total. The van der Waals surface area contributed by atoms with Crippen molar-refractivity contribution in [3.8, 4) is 0 Å². The zero-order valence-electron chi connectivity index (χ0n) is 15.1. The quantitative estimate of drug-likeness (QED) is 0.693. The van der Waals surface area contributed by atoms with Crippen LogP contribution in [0, 0.1) is 0 Å². The maximum Gasteiger partial charge on any atom is 0.159 e. The predicted molar refractivity (Wildman–Crippen MR) is 107 cm³/mol. The van der Waals surface area contributed by atoms with E-state index < -0.39 is 0 Å². The lowest BCUT2D eigenvalue weighted by molar-refractivity contribution is 0.101. The minimum atomic E-state index is 0.0157. The molecule has 0 amide bonds. The zero-order chi connectivity index (χ0) is 18.8. The molecule has 0 fully saturated rings. The van der Waals surface area contributed by atoms with Gasteiger partial charge in [0.05, 0.1) is 0 Å². The van der Waals surface area contributed by atoms with Gasteiger partial charge in [0.15, 0.2) is 17.4 Å². The summed E-state index contributed by atoms with van der Waals surface area (Å²) in [5.41, 5.74) is 11.0. The minimum absolute atomic E-state index is 0.0157. The number of hydrogen-bond donors (Lipinski definition) is 2. The molecule has 0 bridgehead atoms. The van der Waals surface area contributed by atoms with E-state index in [1.807, 2.05) is 12.1 Å². The molecule has 1 aromatic heterocycles. The van der Waals surface area contributed by atoms with Crippen LogP contribution in [0.25, 0.3) is 0 Å². The summed E-state index contributed by atoms with van der Waals surface area (Å²) in [6.07, 6.45) is 2.48. The fourth-order valence-electron chi connectivity index (χ4n) is 3.37. The topological polar surface area (TPSA) is 84.1 Å². The lowest BCUT2D eigenvalue weighted by Gasteiger charge is -2.30. The fraction of sp³-hybridized carbons (Fsp3) is 0.190. The van der Waals surface area contributed by atoms with Crippen LogP contribution in [0.1, 0.15) is 28.4 Å². The molecule has 0 aliphatic carbocycles. The highest BCUT2D eigenvalue weighted by Gasteiger charge is 2.20. The number of ketones is 1. The smallest absolute Gasteiger partial charge is 0.159 e. The average Bonchev–Trinajstić information content (AvgIpc) is 2.69. The Hall–Kier alpha value is -3.41. The first-order valence-electron chi connectivity index (χ1n) is 8.92. The van der Waals surface area contributed by atoms with Crippen LogP contribution < -0.4 is 16.0 Å². The average molecular weight is 359 g/mol. The van der Waals surface area contributed by atoms with Gasteiger partial charge in [-0.2, -0.15) is 0 Å². The second-order valence-electron chi connectivity index (χ2n) is 6.66. The first-order valence-corrected chi connectivity index (χ1v) is 8.92. The van der Waals surface area contributed by atoms with Crippen molar-refractivity contribution in [3.63, 3.8) is 0 Å². The highest BCUT2D eigenvalue weighted by molar-refractivity contribution is 5.95. The van der Waals surface area contributed by atoms with Crippen molar-refractivity contribution in [1.29, 1.82) is 0 Å². The highest BCUT2D eigenvalue weighted by Crippen LogP contribution is 2.31. The molecule has 1 aliphatic rings. The van der Waals surface area contributed by atoms with Crippen molar-refractivity contribution in [1.82, 2.24) is 9.97 Å². The van der Waals surface area contributed by atoms with Crippen LogP contribution in [0.15, 0.2) is 54.9 Å². The Morgan fingerprint density at radius 2 is 1.93 bits per heavy atom. The summed E-state index contributed by atoms with van der Waals surface area (Å²) in [7, 11) is 0. The van der Waals surface area contributed by atoms with Crippen molar-refractivity contribution < 1.29 is 4.79 Å². The monoisotopic (exact) mass is 359 g/mol. The molecule has 27 heavy (non-hydrogen) atoms.